The van der Waals surface area contributed by atoms with Gasteiger partial charge in [-0.2, -0.15) is 0 Å². The predicted octanol–water partition coefficient (Wildman–Crippen LogP) is -5.09. The topological polar surface area (TPSA) is 255 Å². The Labute approximate surface area is 166 Å². The second kappa shape index (κ2) is 13.2. The Morgan fingerprint density at radius 2 is 1.69 bits per heavy atom. The molecule has 4 unspecified atom stereocenters. The second-order valence-corrected chi connectivity index (χ2v) is 6.14. The molecule has 0 bridgehead atoms. The molecular weight excluding hydrogens is 390 g/mol. The highest BCUT2D eigenvalue weighted by Gasteiger charge is 2.30. The van der Waals surface area contributed by atoms with E-state index >= 15 is 0 Å². The number of aliphatic imine (C=N–C) groups is 1. The Bertz CT molecular complexity index is 608. The Hall–Kier alpha value is -2.97. The summed E-state index contributed by atoms with van der Waals surface area (Å²) in [7, 11) is 0. The lowest BCUT2D eigenvalue weighted by Gasteiger charge is -2.25. The quantitative estimate of drug-likeness (QED) is 0.0779. The first-order valence-electron chi connectivity index (χ1n) is 8.69. The first-order chi connectivity index (χ1) is 13.5. The number of hydrogen-bond acceptors (Lipinski definition) is 8. The minimum Gasteiger partial charge on any atom is -0.480 e. The lowest BCUT2D eigenvalue weighted by molar-refractivity contribution is -0.139. The van der Waals surface area contributed by atoms with Crippen molar-refractivity contribution in [1.29, 1.82) is 0 Å². The van der Waals surface area contributed by atoms with Gasteiger partial charge in [0.1, 0.15) is 24.7 Å². The number of carbonyl (C=O) groups excluding carboxylic acids is 3. The number of nitrogens with two attached hydrogens (primary N) is 3. The third-order valence-electron chi connectivity index (χ3n) is 3.59. The largest absolute Gasteiger partial charge is 0.480 e. The molecule has 14 heteroatoms. The number of carboxylic acids is 1. The maximum atomic E-state index is 12.5. The molecule has 0 aromatic rings. The van der Waals surface area contributed by atoms with Crippen molar-refractivity contribution in [1.82, 2.24) is 16.0 Å². The summed E-state index contributed by atoms with van der Waals surface area (Å²) < 4.78 is 0. The maximum absolute atomic E-state index is 12.5. The van der Waals surface area contributed by atoms with E-state index in [1.54, 1.807) is 0 Å². The van der Waals surface area contributed by atoms with E-state index in [1.165, 1.54) is 6.92 Å². The minimum absolute atomic E-state index is 0.0462. The molecular formula is C15H29N7O7. The molecule has 0 saturated heterocycles. The zero-order valence-electron chi connectivity index (χ0n) is 16.0. The van der Waals surface area contributed by atoms with E-state index in [-0.39, 0.29) is 25.3 Å². The first-order valence-corrected chi connectivity index (χ1v) is 8.69. The first kappa shape index (κ1) is 26.0. The number of amides is 3. The summed E-state index contributed by atoms with van der Waals surface area (Å²) in [4.78, 5) is 50.8. The molecule has 0 aliphatic carbocycles. The highest BCUT2D eigenvalue weighted by atomic mass is 16.4. The van der Waals surface area contributed by atoms with Gasteiger partial charge < -0.3 is 48.5 Å². The Morgan fingerprint density at radius 1 is 1.07 bits per heavy atom. The number of nitrogens with one attached hydrogen (secondary N) is 3. The van der Waals surface area contributed by atoms with Gasteiger partial charge in [0.25, 0.3) is 0 Å². The summed E-state index contributed by atoms with van der Waals surface area (Å²) in [6, 6.07) is -3.95. The molecule has 0 radical (unpaired) electrons. The van der Waals surface area contributed by atoms with Crippen LogP contribution in [0.4, 0.5) is 0 Å². The molecule has 29 heavy (non-hydrogen) atoms. The van der Waals surface area contributed by atoms with Crippen molar-refractivity contribution < 1.29 is 34.5 Å². The highest BCUT2D eigenvalue weighted by Crippen LogP contribution is 2.02. The number of carboxylic acid groups (broad SMARTS) is 1. The molecule has 166 valence electrons. The number of aliphatic carboxylic acids is 1. The van der Waals surface area contributed by atoms with E-state index < -0.39 is 61.1 Å². The number of hydrogen-bond donors (Lipinski definition) is 9. The molecule has 14 nitrogen and oxygen atoms in total. The smallest absolute Gasteiger partial charge is 0.322 e. The third kappa shape index (κ3) is 10.8. The van der Waals surface area contributed by atoms with E-state index in [2.05, 4.69) is 20.9 Å². The van der Waals surface area contributed by atoms with Gasteiger partial charge in [-0.15, -0.1) is 0 Å². The Morgan fingerprint density at radius 3 is 2.17 bits per heavy atom. The monoisotopic (exact) mass is 419 g/mol. The van der Waals surface area contributed by atoms with Gasteiger partial charge in [-0.3, -0.25) is 24.2 Å². The highest BCUT2D eigenvalue weighted by molar-refractivity contribution is 5.94. The van der Waals surface area contributed by atoms with Crippen LogP contribution in [0, 0.1) is 0 Å². The lowest BCUT2D eigenvalue weighted by Crippen LogP contribution is -2.59. The summed E-state index contributed by atoms with van der Waals surface area (Å²) in [6.07, 6.45) is -1.04. The zero-order valence-corrected chi connectivity index (χ0v) is 16.0. The van der Waals surface area contributed by atoms with E-state index in [0.717, 1.165) is 0 Å². The number of aliphatic hydroxyl groups excluding tert-OH is 2. The summed E-state index contributed by atoms with van der Waals surface area (Å²) in [5.41, 5.74) is 15.8. The molecule has 0 aliphatic heterocycles. The van der Waals surface area contributed by atoms with Crippen LogP contribution < -0.4 is 33.2 Å². The van der Waals surface area contributed by atoms with Gasteiger partial charge >= 0.3 is 5.97 Å². The molecule has 0 rings (SSSR count). The average Bonchev–Trinajstić information content (AvgIpc) is 2.64. The molecule has 12 N–H and O–H groups in total. The van der Waals surface area contributed by atoms with Gasteiger partial charge in [-0.25, -0.2) is 0 Å². The average molecular weight is 419 g/mol. The van der Waals surface area contributed by atoms with Gasteiger partial charge in [-0.05, 0) is 19.8 Å². The van der Waals surface area contributed by atoms with Gasteiger partial charge in [0.05, 0.1) is 12.7 Å². The third-order valence-corrected chi connectivity index (χ3v) is 3.59. The van der Waals surface area contributed by atoms with Gasteiger partial charge in [0, 0.05) is 6.54 Å². The molecule has 0 aromatic heterocycles. The number of rotatable bonds is 13. The lowest BCUT2D eigenvalue weighted by atomic mass is 10.1. The van der Waals surface area contributed by atoms with Crippen LogP contribution in [-0.4, -0.2) is 88.9 Å². The summed E-state index contributed by atoms with van der Waals surface area (Å²) in [5.74, 6) is -4.01. The number of aliphatic hydroxyl groups is 2. The summed E-state index contributed by atoms with van der Waals surface area (Å²) >= 11 is 0. The molecule has 0 spiro atoms. The molecule has 0 fully saturated rings. The van der Waals surface area contributed by atoms with E-state index in [1.807, 2.05) is 0 Å². The molecule has 0 aliphatic rings. The van der Waals surface area contributed by atoms with Crippen molar-refractivity contribution >= 4 is 29.7 Å². The van der Waals surface area contributed by atoms with Crippen molar-refractivity contribution in [3.63, 3.8) is 0 Å². The van der Waals surface area contributed by atoms with Crippen molar-refractivity contribution in [2.45, 2.75) is 44.0 Å². The fourth-order valence-corrected chi connectivity index (χ4v) is 2.07. The minimum atomic E-state index is -1.47. The van der Waals surface area contributed by atoms with Crippen molar-refractivity contribution in [3.8, 4) is 0 Å². The standard InChI is InChI=1S/C15H29N7O7/c1-7(24)11(22-12(27)8(16)6-23)14(29)21-9(3-2-4-19-15(17)18)13(28)20-5-10(25)26/h7-9,11,23-24H,2-6,16H2,1H3,(H,20,28)(H,21,29)(H,22,27)(H,25,26)(H4,17,18,19). The van der Waals surface area contributed by atoms with E-state index in [4.69, 9.17) is 27.4 Å². The SMILES string of the molecule is CC(O)C(NC(=O)C(N)CO)C(=O)NC(CCCN=C(N)N)C(=O)NCC(=O)O. The predicted molar refractivity (Wildman–Crippen MR) is 101 cm³/mol. The van der Waals surface area contributed by atoms with Crippen molar-refractivity contribution in [2.75, 3.05) is 19.7 Å². The maximum Gasteiger partial charge on any atom is 0.322 e. The van der Waals surface area contributed by atoms with Crippen LogP contribution in [0.15, 0.2) is 4.99 Å². The van der Waals surface area contributed by atoms with Crippen molar-refractivity contribution in [3.05, 3.63) is 0 Å². The van der Waals surface area contributed by atoms with Crippen LogP contribution in [0.1, 0.15) is 19.8 Å². The number of nitrogens with zero attached hydrogens (tertiary/aromatic N) is 1. The summed E-state index contributed by atoms with van der Waals surface area (Å²) in [5, 5.41) is 34.0. The van der Waals surface area contributed by atoms with E-state index in [9.17, 15) is 24.3 Å². The van der Waals surface area contributed by atoms with Crippen LogP contribution >= 0.6 is 0 Å². The molecule has 4 atom stereocenters. The molecule has 0 heterocycles. The zero-order chi connectivity index (χ0) is 22.6. The van der Waals surface area contributed by atoms with E-state index in [0.29, 0.717) is 0 Å². The normalized spacial score (nSPS) is 14.6. The Kier molecular flexibility index (Phi) is 11.9. The molecule has 0 aromatic carbocycles. The fraction of sp³-hybridized carbons (Fsp3) is 0.667. The van der Waals surface area contributed by atoms with Crippen molar-refractivity contribution in [2.24, 2.45) is 22.2 Å². The fourth-order valence-electron chi connectivity index (χ4n) is 2.07. The number of carbonyl (C=O) groups is 4. The summed E-state index contributed by atoms with van der Waals surface area (Å²) in [6.45, 7) is 0.0437. The number of guanidine groups is 1. The Balaban J connectivity index is 5.18. The second-order valence-electron chi connectivity index (χ2n) is 6.14. The molecule has 3 amide bonds. The van der Waals surface area contributed by atoms with Crippen LogP contribution in [0.5, 0.6) is 0 Å². The van der Waals surface area contributed by atoms with Crippen LogP contribution in [0.25, 0.3) is 0 Å². The van der Waals surface area contributed by atoms with Crippen LogP contribution in [0.2, 0.25) is 0 Å². The van der Waals surface area contributed by atoms with Crippen LogP contribution in [-0.2, 0) is 19.2 Å². The van der Waals surface area contributed by atoms with Crippen LogP contribution in [0.3, 0.4) is 0 Å². The van der Waals surface area contributed by atoms with Gasteiger partial charge in [-0.1, -0.05) is 0 Å². The van der Waals surface area contributed by atoms with Gasteiger partial charge in [0.15, 0.2) is 5.96 Å². The van der Waals surface area contributed by atoms with Gasteiger partial charge in [0.2, 0.25) is 17.7 Å². The molecule has 0 saturated carbocycles.